The average molecular weight is 258 g/mol. The summed E-state index contributed by atoms with van der Waals surface area (Å²) in [6.45, 7) is 0.695. The molecule has 4 aliphatic carbocycles. The van der Waals surface area contributed by atoms with E-state index in [4.69, 9.17) is 10.5 Å². The normalized spacial score (nSPS) is 39.7. The fourth-order valence-corrected chi connectivity index (χ4v) is 4.86. The molecule has 4 saturated carbocycles. The molecule has 0 spiro atoms. The van der Waals surface area contributed by atoms with Gasteiger partial charge in [-0.25, -0.2) is 4.98 Å². The van der Waals surface area contributed by atoms with Gasteiger partial charge in [0.1, 0.15) is 5.82 Å². The lowest BCUT2D eigenvalue weighted by atomic mass is 9.55. The quantitative estimate of drug-likeness (QED) is 0.906. The van der Waals surface area contributed by atoms with Gasteiger partial charge >= 0.3 is 0 Å². The summed E-state index contributed by atoms with van der Waals surface area (Å²) < 4.78 is 6.26. The Morgan fingerprint density at radius 2 is 1.74 bits per heavy atom. The molecule has 1 heterocycles. The van der Waals surface area contributed by atoms with Crippen LogP contribution in [-0.4, -0.2) is 11.1 Å². The minimum absolute atomic E-state index is 0.505. The molecule has 4 fully saturated rings. The highest BCUT2D eigenvalue weighted by Crippen LogP contribution is 2.54. The smallest absolute Gasteiger partial charge is 0.123 e. The zero-order valence-electron chi connectivity index (χ0n) is 11.3. The Balaban J connectivity index is 1.42. The van der Waals surface area contributed by atoms with Crippen molar-refractivity contribution in [2.24, 2.45) is 23.7 Å². The first-order valence-electron chi connectivity index (χ1n) is 7.60. The van der Waals surface area contributed by atoms with E-state index in [9.17, 15) is 0 Å². The van der Waals surface area contributed by atoms with Crippen molar-refractivity contribution >= 4 is 5.82 Å². The number of ether oxygens (including phenoxy) is 1. The molecule has 102 valence electrons. The summed E-state index contributed by atoms with van der Waals surface area (Å²) in [6, 6.07) is 3.88. The zero-order valence-corrected chi connectivity index (χ0v) is 11.3. The Morgan fingerprint density at radius 1 is 1.05 bits per heavy atom. The van der Waals surface area contributed by atoms with Gasteiger partial charge in [-0.2, -0.15) is 0 Å². The number of hydrogen-bond acceptors (Lipinski definition) is 3. The molecule has 1 aromatic rings. The first-order valence-corrected chi connectivity index (χ1v) is 7.60. The van der Waals surface area contributed by atoms with Gasteiger partial charge < -0.3 is 10.5 Å². The minimum atomic E-state index is 0.505. The van der Waals surface area contributed by atoms with Crippen molar-refractivity contribution in [1.29, 1.82) is 0 Å². The van der Waals surface area contributed by atoms with Crippen molar-refractivity contribution in [3.8, 4) is 0 Å². The number of hydrogen-bond donors (Lipinski definition) is 1. The van der Waals surface area contributed by atoms with E-state index < -0.39 is 0 Å². The zero-order chi connectivity index (χ0) is 12.8. The van der Waals surface area contributed by atoms with Gasteiger partial charge in [-0.3, -0.25) is 0 Å². The molecule has 0 aromatic carbocycles. The van der Waals surface area contributed by atoms with Crippen LogP contribution in [-0.2, 0) is 11.3 Å². The third-order valence-corrected chi connectivity index (χ3v) is 5.43. The van der Waals surface area contributed by atoms with E-state index in [1.165, 1.54) is 32.1 Å². The monoisotopic (exact) mass is 258 g/mol. The molecule has 19 heavy (non-hydrogen) atoms. The summed E-state index contributed by atoms with van der Waals surface area (Å²) in [6.07, 6.45) is 9.50. The van der Waals surface area contributed by atoms with E-state index in [0.29, 0.717) is 18.5 Å². The van der Waals surface area contributed by atoms with Crippen molar-refractivity contribution in [2.75, 3.05) is 5.73 Å². The molecular weight excluding hydrogens is 236 g/mol. The van der Waals surface area contributed by atoms with Crippen LogP contribution >= 0.6 is 0 Å². The maximum Gasteiger partial charge on any atom is 0.123 e. The average Bonchev–Trinajstić information content (AvgIpc) is 2.39. The molecule has 0 unspecified atom stereocenters. The molecule has 2 N–H and O–H groups in total. The van der Waals surface area contributed by atoms with Crippen molar-refractivity contribution in [3.63, 3.8) is 0 Å². The van der Waals surface area contributed by atoms with E-state index >= 15 is 0 Å². The van der Waals surface area contributed by atoms with Crippen LogP contribution in [0.3, 0.4) is 0 Å². The topological polar surface area (TPSA) is 48.1 Å². The molecule has 5 rings (SSSR count). The Labute approximate surface area is 114 Å². The number of nitrogens with two attached hydrogens (primary N) is 1. The van der Waals surface area contributed by atoms with Crippen LogP contribution in [0.1, 0.15) is 37.7 Å². The summed E-state index contributed by atoms with van der Waals surface area (Å²) >= 11 is 0. The standard InChI is InChI=1S/C16H22N2O/c17-15-2-1-10(8-18-15)9-19-16-13-4-11-3-12(6-13)7-14(16)5-11/h1-2,8,11-14,16H,3-7,9H2,(H2,17,18). The van der Waals surface area contributed by atoms with Crippen LogP contribution in [0.5, 0.6) is 0 Å². The van der Waals surface area contributed by atoms with Crippen LogP contribution in [0.15, 0.2) is 18.3 Å². The van der Waals surface area contributed by atoms with Gasteiger partial charge in [0.2, 0.25) is 0 Å². The molecule has 4 aliphatic rings. The van der Waals surface area contributed by atoms with Gasteiger partial charge in [0.05, 0.1) is 12.7 Å². The van der Waals surface area contributed by atoms with Crippen LogP contribution in [0.2, 0.25) is 0 Å². The molecule has 0 saturated heterocycles. The lowest BCUT2D eigenvalue weighted by Crippen LogP contribution is -2.49. The fourth-order valence-electron chi connectivity index (χ4n) is 4.86. The van der Waals surface area contributed by atoms with Crippen LogP contribution in [0.4, 0.5) is 5.82 Å². The first kappa shape index (κ1) is 11.7. The Bertz CT molecular complexity index is 428. The summed E-state index contributed by atoms with van der Waals surface area (Å²) in [7, 11) is 0. The number of aromatic nitrogens is 1. The van der Waals surface area contributed by atoms with E-state index in [0.717, 1.165) is 29.2 Å². The molecule has 0 radical (unpaired) electrons. The maximum atomic E-state index is 6.26. The van der Waals surface area contributed by atoms with E-state index in [1.54, 1.807) is 0 Å². The third kappa shape index (κ3) is 2.14. The second kappa shape index (κ2) is 4.48. The molecule has 4 bridgehead atoms. The van der Waals surface area contributed by atoms with Crippen LogP contribution in [0.25, 0.3) is 0 Å². The molecule has 0 amide bonds. The summed E-state index contributed by atoms with van der Waals surface area (Å²) in [5.74, 6) is 4.27. The van der Waals surface area contributed by atoms with Crippen molar-refractivity contribution < 1.29 is 4.74 Å². The predicted molar refractivity (Wildman–Crippen MR) is 74.3 cm³/mol. The first-order chi connectivity index (χ1) is 9.28. The van der Waals surface area contributed by atoms with Gasteiger partial charge in [-0.15, -0.1) is 0 Å². The molecular formula is C16H22N2O. The highest BCUT2D eigenvalue weighted by atomic mass is 16.5. The molecule has 3 nitrogen and oxygen atoms in total. The molecule has 1 aromatic heterocycles. The van der Waals surface area contributed by atoms with Gasteiger partial charge in [0.25, 0.3) is 0 Å². The lowest BCUT2D eigenvalue weighted by molar-refractivity contribution is -0.132. The van der Waals surface area contributed by atoms with E-state index in [2.05, 4.69) is 4.98 Å². The predicted octanol–water partition coefficient (Wildman–Crippen LogP) is 3.01. The van der Waals surface area contributed by atoms with E-state index in [-0.39, 0.29) is 0 Å². The summed E-state index contributed by atoms with van der Waals surface area (Å²) in [5.41, 5.74) is 6.75. The SMILES string of the molecule is Nc1ccc(COC2C3CC4CC(C3)CC2C4)cn1. The van der Waals surface area contributed by atoms with Crippen LogP contribution in [0, 0.1) is 23.7 Å². The van der Waals surface area contributed by atoms with Crippen LogP contribution < -0.4 is 5.73 Å². The molecule has 3 heteroatoms. The van der Waals surface area contributed by atoms with Crippen molar-refractivity contribution in [1.82, 2.24) is 4.98 Å². The summed E-state index contributed by atoms with van der Waals surface area (Å²) in [5, 5.41) is 0. The minimum Gasteiger partial charge on any atom is -0.384 e. The maximum absolute atomic E-state index is 6.26. The van der Waals surface area contributed by atoms with Gasteiger partial charge in [-0.1, -0.05) is 6.07 Å². The molecule has 0 atom stereocenters. The van der Waals surface area contributed by atoms with Crippen molar-refractivity contribution in [3.05, 3.63) is 23.9 Å². The van der Waals surface area contributed by atoms with E-state index in [1.807, 2.05) is 18.3 Å². The van der Waals surface area contributed by atoms with Gasteiger partial charge in [-0.05, 0) is 67.4 Å². The van der Waals surface area contributed by atoms with Gasteiger partial charge in [0.15, 0.2) is 0 Å². The fraction of sp³-hybridized carbons (Fsp3) is 0.688. The highest BCUT2D eigenvalue weighted by molar-refractivity contribution is 5.28. The molecule has 0 aliphatic heterocycles. The number of pyridine rings is 1. The highest BCUT2D eigenvalue weighted by Gasteiger charge is 2.48. The number of rotatable bonds is 3. The number of nitrogen functional groups attached to an aromatic ring is 1. The third-order valence-electron chi connectivity index (χ3n) is 5.43. The Hall–Kier alpha value is -1.09. The van der Waals surface area contributed by atoms with Gasteiger partial charge in [0, 0.05) is 6.20 Å². The number of anilines is 1. The number of nitrogens with zero attached hydrogens (tertiary/aromatic N) is 1. The Morgan fingerprint density at radius 3 is 2.32 bits per heavy atom. The second-order valence-electron chi connectivity index (χ2n) is 6.80. The Kier molecular flexibility index (Phi) is 2.76. The largest absolute Gasteiger partial charge is 0.384 e. The second-order valence-corrected chi connectivity index (χ2v) is 6.80. The summed E-state index contributed by atoms with van der Waals surface area (Å²) in [4.78, 5) is 4.13. The lowest BCUT2D eigenvalue weighted by Gasteiger charge is -2.54. The van der Waals surface area contributed by atoms with Crippen molar-refractivity contribution in [2.45, 2.75) is 44.8 Å².